The highest BCUT2D eigenvalue weighted by Gasteiger charge is 2.28. The van der Waals surface area contributed by atoms with Gasteiger partial charge in [0.1, 0.15) is 18.6 Å². The Balaban J connectivity index is 1.98. The van der Waals surface area contributed by atoms with Crippen molar-refractivity contribution < 1.29 is 22.7 Å². The highest BCUT2D eigenvalue weighted by Crippen LogP contribution is 2.36. The Kier molecular flexibility index (Phi) is 5.37. The smallest absolute Gasteiger partial charge is 0.446 e. The van der Waals surface area contributed by atoms with Gasteiger partial charge in [0.15, 0.2) is 0 Å². The molecule has 0 spiro atoms. The predicted octanol–water partition coefficient (Wildman–Crippen LogP) is 5.34. The van der Waals surface area contributed by atoms with Crippen LogP contribution in [0.4, 0.5) is 13.2 Å². The Labute approximate surface area is 134 Å². The summed E-state index contributed by atoms with van der Waals surface area (Å²) in [6, 6.07) is 10.5. The number of benzene rings is 2. The fourth-order valence-corrected chi connectivity index (χ4v) is 2.44. The van der Waals surface area contributed by atoms with Crippen molar-refractivity contribution in [3.05, 3.63) is 58.6 Å². The zero-order valence-corrected chi connectivity index (χ0v) is 12.6. The number of rotatable bonds is 5. The van der Waals surface area contributed by atoms with E-state index in [1.165, 1.54) is 18.2 Å². The molecule has 0 atom stereocenters. The molecule has 0 bridgehead atoms. The molecule has 2 aromatic rings. The minimum Gasteiger partial charge on any atom is -0.487 e. The van der Waals surface area contributed by atoms with E-state index < -0.39 is 5.51 Å². The van der Waals surface area contributed by atoms with E-state index >= 15 is 0 Å². The Bertz CT molecular complexity index is 657. The second-order valence-corrected chi connectivity index (χ2v) is 5.83. The van der Waals surface area contributed by atoms with Crippen molar-refractivity contribution in [3.63, 3.8) is 0 Å². The zero-order chi connectivity index (χ0) is 16.2. The Morgan fingerprint density at radius 1 is 1.14 bits per heavy atom. The number of carbonyl (C=O) groups excluding carboxylic acids is 1. The van der Waals surface area contributed by atoms with E-state index in [4.69, 9.17) is 16.3 Å². The van der Waals surface area contributed by atoms with E-state index in [0.717, 1.165) is 0 Å². The van der Waals surface area contributed by atoms with Crippen LogP contribution in [0.15, 0.2) is 47.4 Å². The molecule has 7 heteroatoms. The van der Waals surface area contributed by atoms with E-state index in [1.54, 1.807) is 24.3 Å². The standard InChI is InChI=1S/C15H10ClF3O2S/c16-13-7-11(8-20)3-6-14(13)21-9-10-1-4-12(5-2-10)22-15(17,18)19/h1-8H,9H2. The van der Waals surface area contributed by atoms with Crippen LogP contribution in [0.25, 0.3) is 0 Å². The van der Waals surface area contributed by atoms with Crippen molar-refractivity contribution in [1.29, 1.82) is 0 Å². The van der Waals surface area contributed by atoms with Crippen LogP contribution in [-0.4, -0.2) is 11.8 Å². The first-order valence-electron chi connectivity index (χ1n) is 6.09. The van der Waals surface area contributed by atoms with Gasteiger partial charge in [-0.3, -0.25) is 4.79 Å². The SMILES string of the molecule is O=Cc1ccc(OCc2ccc(SC(F)(F)F)cc2)c(Cl)c1. The van der Waals surface area contributed by atoms with Crippen LogP contribution in [0, 0.1) is 0 Å². The molecule has 0 radical (unpaired) electrons. The maximum Gasteiger partial charge on any atom is 0.446 e. The van der Waals surface area contributed by atoms with E-state index in [2.05, 4.69) is 0 Å². The van der Waals surface area contributed by atoms with Crippen LogP contribution in [-0.2, 0) is 6.61 Å². The van der Waals surface area contributed by atoms with Crippen LogP contribution in [0.5, 0.6) is 5.75 Å². The molecule has 0 aliphatic rings. The summed E-state index contributed by atoms with van der Waals surface area (Å²) in [5.74, 6) is 0.404. The fourth-order valence-electron chi connectivity index (χ4n) is 1.66. The topological polar surface area (TPSA) is 26.3 Å². The van der Waals surface area contributed by atoms with Crippen LogP contribution >= 0.6 is 23.4 Å². The highest BCUT2D eigenvalue weighted by molar-refractivity contribution is 8.00. The molecule has 0 aliphatic heterocycles. The van der Waals surface area contributed by atoms with Crippen LogP contribution < -0.4 is 4.74 Å². The van der Waals surface area contributed by atoms with Gasteiger partial charge in [0.25, 0.3) is 0 Å². The third-order valence-electron chi connectivity index (χ3n) is 2.64. The lowest BCUT2D eigenvalue weighted by Crippen LogP contribution is -1.99. The molecule has 2 nitrogen and oxygen atoms in total. The largest absolute Gasteiger partial charge is 0.487 e. The first-order valence-corrected chi connectivity index (χ1v) is 7.29. The molecule has 0 heterocycles. The molecular weight excluding hydrogens is 337 g/mol. The number of hydrogen-bond donors (Lipinski definition) is 0. The molecule has 0 fully saturated rings. The predicted molar refractivity (Wildman–Crippen MR) is 79.5 cm³/mol. The summed E-state index contributed by atoms with van der Waals surface area (Å²) in [5, 5.41) is 0.300. The molecule has 0 saturated heterocycles. The molecule has 2 rings (SSSR count). The number of aldehydes is 1. The molecular formula is C15H10ClF3O2S. The van der Waals surface area contributed by atoms with Gasteiger partial charge in [-0.25, -0.2) is 0 Å². The lowest BCUT2D eigenvalue weighted by molar-refractivity contribution is -0.0328. The van der Waals surface area contributed by atoms with Gasteiger partial charge in [0, 0.05) is 10.5 Å². The van der Waals surface area contributed by atoms with E-state index in [0.29, 0.717) is 28.2 Å². The van der Waals surface area contributed by atoms with Gasteiger partial charge in [-0.2, -0.15) is 13.2 Å². The Hall–Kier alpha value is -1.66. The summed E-state index contributed by atoms with van der Waals surface area (Å²) in [4.78, 5) is 10.7. The molecule has 116 valence electrons. The average Bonchev–Trinajstić information content (AvgIpc) is 2.46. The first-order chi connectivity index (χ1) is 10.4. The second kappa shape index (κ2) is 7.07. The van der Waals surface area contributed by atoms with Gasteiger partial charge in [-0.05, 0) is 47.7 Å². The number of thioether (sulfide) groups is 1. The molecule has 2 aromatic carbocycles. The van der Waals surface area contributed by atoms with Crippen LogP contribution in [0.1, 0.15) is 15.9 Å². The van der Waals surface area contributed by atoms with Crippen molar-refractivity contribution >= 4 is 29.6 Å². The van der Waals surface area contributed by atoms with E-state index in [9.17, 15) is 18.0 Å². The van der Waals surface area contributed by atoms with Gasteiger partial charge < -0.3 is 4.74 Å². The van der Waals surface area contributed by atoms with Crippen LogP contribution in [0.2, 0.25) is 5.02 Å². The fraction of sp³-hybridized carbons (Fsp3) is 0.133. The van der Waals surface area contributed by atoms with Crippen molar-refractivity contribution in [2.75, 3.05) is 0 Å². The number of carbonyl (C=O) groups is 1. The summed E-state index contributed by atoms with van der Waals surface area (Å²) in [6.45, 7) is 0.164. The number of alkyl halides is 3. The number of ether oxygens (including phenoxy) is 1. The molecule has 22 heavy (non-hydrogen) atoms. The monoisotopic (exact) mass is 346 g/mol. The molecule has 0 N–H and O–H groups in total. The van der Waals surface area contributed by atoms with Gasteiger partial charge in [-0.1, -0.05) is 23.7 Å². The highest BCUT2D eigenvalue weighted by atomic mass is 35.5. The minimum atomic E-state index is -4.30. The first kappa shape index (κ1) is 16.7. The molecule has 0 unspecified atom stereocenters. The maximum absolute atomic E-state index is 12.2. The molecule has 0 saturated carbocycles. The maximum atomic E-state index is 12.2. The second-order valence-electron chi connectivity index (χ2n) is 4.29. The minimum absolute atomic E-state index is 0.115. The number of halogens is 4. The summed E-state index contributed by atoms with van der Waals surface area (Å²) >= 11 is 5.80. The lowest BCUT2D eigenvalue weighted by Gasteiger charge is -2.09. The summed E-state index contributed by atoms with van der Waals surface area (Å²) in [6.07, 6.45) is 0.673. The Morgan fingerprint density at radius 2 is 1.82 bits per heavy atom. The quantitative estimate of drug-likeness (QED) is 0.539. The van der Waals surface area contributed by atoms with Crippen molar-refractivity contribution in [2.45, 2.75) is 17.0 Å². The van der Waals surface area contributed by atoms with Crippen molar-refractivity contribution in [2.24, 2.45) is 0 Å². The van der Waals surface area contributed by atoms with Crippen LogP contribution in [0.3, 0.4) is 0 Å². The Morgan fingerprint density at radius 3 is 2.36 bits per heavy atom. The summed E-state index contributed by atoms with van der Waals surface area (Å²) in [5.41, 5.74) is -3.15. The summed E-state index contributed by atoms with van der Waals surface area (Å²) in [7, 11) is 0. The van der Waals surface area contributed by atoms with E-state index in [1.807, 2.05) is 0 Å². The van der Waals surface area contributed by atoms with Gasteiger partial charge in [0.05, 0.1) is 5.02 Å². The average molecular weight is 347 g/mol. The third-order valence-corrected chi connectivity index (χ3v) is 3.68. The number of hydrogen-bond acceptors (Lipinski definition) is 3. The van der Waals surface area contributed by atoms with Crippen molar-refractivity contribution in [1.82, 2.24) is 0 Å². The molecule has 0 aliphatic carbocycles. The zero-order valence-electron chi connectivity index (χ0n) is 11.1. The van der Waals surface area contributed by atoms with Gasteiger partial charge in [0.2, 0.25) is 0 Å². The van der Waals surface area contributed by atoms with Gasteiger partial charge >= 0.3 is 5.51 Å². The summed E-state index contributed by atoms with van der Waals surface area (Å²) < 4.78 is 42.1. The normalized spacial score (nSPS) is 11.3. The third kappa shape index (κ3) is 4.96. The molecule has 0 amide bonds. The van der Waals surface area contributed by atoms with Gasteiger partial charge in [-0.15, -0.1) is 0 Å². The van der Waals surface area contributed by atoms with E-state index in [-0.39, 0.29) is 23.3 Å². The van der Waals surface area contributed by atoms with Crippen molar-refractivity contribution in [3.8, 4) is 5.75 Å². The molecule has 0 aromatic heterocycles. The lowest BCUT2D eigenvalue weighted by atomic mass is 10.2.